The molecular formula is C27H30N4O. The van der Waals surface area contributed by atoms with Gasteiger partial charge < -0.3 is 4.98 Å². The van der Waals surface area contributed by atoms with Gasteiger partial charge in [-0.2, -0.15) is 5.10 Å². The smallest absolute Gasteiger partial charge is 0.254 e. The minimum Gasteiger partial charge on any atom is -0.306 e. The molecule has 1 aliphatic heterocycles. The van der Waals surface area contributed by atoms with Gasteiger partial charge in [0.05, 0.1) is 5.69 Å². The quantitative estimate of drug-likeness (QED) is 0.490. The minimum absolute atomic E-state index is 0.0312. The third kappa shape index (κ3) is 4.00. The van der Waals surface area contributed by atoms with Crippen LogP contribution in [-0.4, -0.2) is 32.8 Å². The third-order valence-corrected chi connectivity index (χ3v) is 6.39. The number of rotatable bonds is 4. The van der Waals surface area contributed by atoms with Crippen molar-refractivity contribution in [2.45, 2.75) is 33.7 Å². The number of para-hydroxylation sites is 1. The summed E-state index contributed by atoms with van der Waals surface area (Å²) in [5, 5.41) is 5.94. The predicted molar refractivity (Wildman–Crippen MR) is 130 cm³/mol. The largest absolute Gasteiger partial charge is 0.306 e. The van der Waals surface area contributed by atoms with Gasteiger partial charge in [-0.1, -0.05) is 55.8 Å². The number of hydrogen-bond donors (Lipinski definition) is 1. The molecule has 0 saturated carbocycles. The molecule has 1 fully saturated rings. The number of nitrogens with zero attached hydrogens (tertiary/aromatic N) is 3. The average molecular weight is 427 g/mol. The van der Waals surface area contributed by atoms with Crippen LogP contribution in [0.5, 0.6) is 0 Å². The molecule has 2 atom stereocenters. The van der Waals surface area contributed by atoms with Crippen LogP contribution >= 0.6 is 0 Å². The van der Waals surface area contributed by atoms with Crippen molar-refractivity contribution >= 4 is 11.0 Å². The highest BCUT2D eigenvalue weighted by Crippen LogP contribution is 2.30. The Labute approximate surface area is 188 Å². The normalized spacial score (nSPS) is 19.5. The van der Waals surface area contributed by atoms with Crippen molar-refractivity contribution in [2.24, 2.45) is 11.8 Å². The topological polar surface area (TPSA) is 53.9 Å². The van der Waals surface area contributed by atoms with Crippen molar-refractivity contribution in [1.29, 1.82) is 0 Å². The first-order valence-corrected chi connectivity index (χ1v) is 11.5. The maximum absolute atomic E-state index is 13.1. The number of aromatic amines is 1. The Bertz CT molecular complexity index is 1290. The van der Waals surface area contributed by atoms with E-state index >= 15 is 0 Å². The first-order chi connectivity index (χ1) is 15.5. The Kier molecular flexibility index (Phi) is 5.43. The molecule has 2 aromatic carbocycles. The molecule has 0 amide bonds. The van der Waals surface area contributed by atoms with E-state index in [1.54, 1.807) is 0 Å². The summed E-state index contributed by atoms with van der Waals surface area (Å²) >= 11 is 0. The van der Waals surface area contributed by atoms with Crippen molar-refractivity contribution in [3.05, 3.63) is 82.1 Å². The van der Waals surface area contributed by atoms with Gasteiger partial charge in [0.15, 0.2) is 0 Å². The second kappa shape index (κ2) is 8.40. The van der Waals surface area contributed by atoms with Crippen molar-refractivity contribution < 1.29 is 0 Å². The Morgan fingerprint density at radius 1 is 1.00 bits per heavy atom. The molecule has 5 nitrogen and oxygen atoms in total. The summed E-state index contributed by atoms with van der Waals surface area (Å²) in [6, 6.07) is 20.4. The van der Waals surface area contributed by atoms with Gasteiger partial charge in [-0.25, -0.2) is 4.68 Å². The van der Waals surface area contributed by atoms with E-state index in [2.05, 4.69) is 61.0 Å². The summed E-state index contributed by atoms with van der Waals surface area (Å²) in [6.07, 6.45) is 1.26. The zero-order valence-electron chi connectivity index (χ0n) is 19.0. The minimum atomic E-state index is -0.0312. The Hall–Kier alpha value is -3.18. The zero-order chi connectivity index (χ0) is 22.2. The van der Waals surface area contributed by atoms with Crippen LogP contribution < -0.4 is 5.56 Å². The number of H-pyrrole nitrogens is 1. The van der Waals surface area contributed by atoms with E-state index in [4.69, 9.17) is 5.10 Å². The van der Waals surface area contributed by atoms with E-state index in [0.29, 0.717) is 18.4 Å². The van der Waals surface area contributed by atoms with E-state index in [0.717, 1.165) is 46.6 Å². The molecule has 0 unspecified atom stereocenters. The van der Waals surface area contributed by atoms with Crippen LogP contribution in [0.1, 0.15) is 31.4 Å². The second-order valence-corrected chi connectivity index (χ2v) is 9.49. The Morgan fingerprint density at radius 3 is 2.47 bits per heavy atom. The summed E-state index contributed by atoms with van der Waals surface area (Å²) in [7, 11) is 0. The molecule has 2 aromatic heterocycles. The molecular weight excluding hydrogens is 396 g/mol. The van der Waals surface area contributed by atoms with Gasteiger partial charge in [0.1, 0.15) is 11.3 Å². The van der Waals surface area contributed by atoms with Crippen molar-refractivity contribution in [3.8, 4) is 16.9 Å². The van der Waals surface area contributed by atoms with Crippen LogP contribution in [0.15, 0.2) is 65.5 Å². The van der Waals surface area contributed by atoms with Gasteiger partial charge in [-0.05, 0) is 49.4 Å². The fourth-order valence-corrected chi connectivity index (χ4v) is 5.16. The van der Waals surface area contributed by atoms with Crippen LogP contribution in [0.4, 0.5) is 0 Å². The number of fused-ring (bicyclic) bond motifs is 1. The van der Waals surface area contributed by atoms with E-state index < -0.39 is 0 Å². The summed E-state index contributed by atoms with van der Waals surface area (Å²) in [6.45, 7) is 9.44. The van der Waals surface area contributed by atoms with E-state index in [1.165, 1.54) is 12.0 Å². The summed E-state index contributed by atoms with van der Waals surface area (Å²) in [5.74, 6) is 1.32. The summed E-state index contributed by atoms with van der Waals surface area (Å²) < 4.78 is 1.85. The number of nitrogens with one attached hydrogen (secondary N) is 1. The molecule has 1 N–H and O–H groups in total. The summed E-state index contributed by atoms with van der Waals surface area (Å²) in [4.78, 5) is 18.7. The molecule has 0 radical (unpaired) electrons. The summed E-state index contributed by atoms with van der Waals surface area (Å²) in [5.41, 5.74) is 5.58. The van der Waals surface area contributed by atoms with Gasteiger partial charge in [0.25, 0.3) is 5.56 Å². The molecule has 3 heterocycles. The van der Waals surface area contributed by atoms with Crippen LogP contribution in [0.3, 0.4) is 0 Å². The average Bonchev–Trinajstić information content (AvgIpc) is 3.12. The van der Waals surface area contributed by atoms with Crippen molar-refractivity contribution in [3.63, 3.8) is 0 Å². The molecule has 1 aliphatic rings. The highest BCUT2D eigenvalue weighted by Gasteiger charge is 2.23. The molecule has 5 rings (SSSR count). The van der Waals surface area contributed by atoms with E-state index in [1.807, 2.05) is 35.0 Å². The van der Waals surface area contributed by atoms with E-state index in [9.17, 15) is 4.79 Å². The van der Waals surface area contributed by atoms with Gasteiger partial charge in [0, 0.05) is 36.1 Å². The van der Waals surface area contributed by atoms with Crippen LogP contribution in [0.2, 0.25) is 0 Å². The number of benzene rings is 2. The lowest BCUT2D eigenvalue weighted by Crippen LogP contribution is -2.39. The molecule has 0 bridgehead atoms. The van der Waals surface area contributed by atoms with Crippen LogP contribution in [-0.2, 0) is 6.54 Å². The first-order valence-electron chi connectivity index (χ1n) is 11.5. The number of aromatic nitrogens is 3. The Morgan fingerprint density at radius 2 is 1.75 bits per heavy atom. The third-order valence-electron chi connectivity index (χ3n) is 6.39. The van der Waals surface area contributed by atoms with Crippen LogP contribution in [0, 0.1) is 18.8 Å². The highest BCUT2D eigenvalue weighted by molar-refractivity contribution is 5.92. The van der Waals surface area contributed by atoms with Gasteiger partial charge in [0.2, 0.25) is 0 Å². The van der Waals surface area contributed by atoms with Crippen LogP contribution in [0.25, 0.3) is 28.0 Å². The molecule has 164 valence electrons. The lowest BCUT2D eigenvalue weighted by Gasteiger charge is -2.34. The standard InChI is InChI=1S/C27H30N4O/c1-18-8-7-9-21(13-18)25-24-14-22(17-30-15-19(2)12-20(3)16-30)27(32)28-26(24)31(29-25)23-10-5-4-6-11-23/h4-11,13-14,19-20H,12,15-17H2,1-3H3,(H,28,32)/t19-,20+. The maximum Gasteiger partial charge on any atom is 0.254 e. The van der Waals surface area contributed by atoms with Crippen molar-refractivity contribution in [2.75, 3.05) is 13.1 Å². The van der Waals surface area contributed by atoms with Gasteiger partial charge in [-0.3, -0.25) is 9.69 Å². The van der Waals surface area contributed by atoms with Gasteiger partial charge in [-0.15, -0.1) is 0 Å². The molecule has 1 saturated heterocycles. The number of likely N-dealkylation sites (tertiary alicyclic amines) is 1. The fraction of sp³-hybridized carbons (Fsp3) is 0.333. The lowest BCUT2D eigenvalue weighted by atomic mass is 9.91. The number of piperidine rings is 1. The molecule has 32 heavy (non-hydrogen) atoms. The van der Waals surface area contributed by atoms with E-state index in [-0.39, 0.29) is 5.56 Å². The molecule has 4 aromatic rings. The maximum atomic E-state index is 13.1. The predicted octanol–water partition coefficient (Wildman–Crippen LogP) is 5.17. The zero-order valence-corrected chi connectivity index (χ0v) is 19.0. The van der Waals surface area contributed by atoms with Crippen molar-refractivity contribution in [1.82, 2.24) is 19.7 Å². The second-order valence-electron chi connectivity index (χ2n) is 9.49. The lowest BCUT2D eigenvalue weighted by molar-refractivity contribution is 0.134. The number of aryl methyl sites for hydroxylation is 1. The number of hydrogen-bond acceptors (Lipinski definition) is 3. The Balaban J connectivity index is 1.65. The molecule has 0 aliphatic carbocycles. The first kappa shape index (κ1) is 20.7. The molecule has 0 spiro atoms. The monoisotopic (exact) mass is 426 g/mol. The fourth-order valence-electron chi connectivity index (χ4n) is 5.16. The number of pyridine rings is 1. The molecule has 5 heteroatoms. The SMILES string of the molecule is Cc1cccc(-c2nn(-c3ccccc3)c3[nH]c(=O)c(CN4C[C@H](C)C[C@H](C)C4)cc23)c1. The highest BCUT2D eigenvalue weighted by atomic mass is 16.1. The van der Waals surface area contributed by atoms with Gasteiger partial charge >= 0.3 is 0 Å².